The highest BCUT2D eigenvalue weighted by Gasteiger charge is 2.23. The second kappa shape index (κ2) is 8.21. The lowest BCUT2D eigenvalue weighted by atomic mass is 9.83. The zero-order valence-corrected chi connectivity index (χ0v) is 13.1. The van der Waals surface area contributed by atoms with Crippen molar-refractivity contribution in [3.05, 3.63) is 29.8 Å². The quantitative estimate of drug-likeness (QED) is 0.758. The lowest BCUT2D eigenvalue weighted by Crippen LogP contribution is -2.39. The van der Waals surface area contributed by atoms with E-state index >= 15 is 0 Å². The van der Waals surface area contributed by atoms with Gasteiger partial charge in [-0.3, -0.25) is 0 Å². The van der Waals surface area contributed by atoms with Gasteiger partial charge in [-0.2, -0.15) is 0 Å². The molecule has 1 N–H and O–H groups in total. The van der Waals surface area contributed by atoms with Gasteiger partial charge in [-0.1, -0.05) is 39.8 Å². The summed E-state index contributed by atoms with van der Waals surface area (Å²) in [5.41, 5.74) is 1.41. The molecule has 0 fully saturated rings. The molecule has 0 aliphatic carbocycles. The minimum absolute atomic E-state index is 0.540. The number of methoxy groups -OCH3 is 1. The van der Waals surface area contributed by atoms with E-state index in [-0.39, 0.29) is 0 Å². The molecule has 1 aromatic rings. The Kier molecular flexibility index (Phi) is 6.93. The first-order chi connectivity index (χ1) is 9.13. The number of rotatable bonds is 8. The molecule has 19 heavy (non-hydrogen) atoms. The number of hydrogen-bond donors (Lipinski definition) is 1. The molecule has 0 heterocycles. The highest BCUT2D eigenvalue weighted by Crippen LogP contribution is 2.29. The van der Waals surface area contributed by atoms with Crippen LogP contribution in [0, 0.1) is 5.92 Å². The van der Waals surface area contributed by atoms with Gasteiger partial charge in [0, 0.05) is 6.04 Å². The molecule has 0 saturated carbocycles. The monoisotopic (exact) mass is 263 g/mol. The standard InChI is InChI=1S/C17H29NO/c1-6-12-18-17(13(3)4)16(7-2)14-8-10-15(19-5)11-9-14/h8-11,13,16-18H,6-7,12H2,1-5H3. The smallest absolute Gasteiger partial charge is 0.118 e. The fraction of sp³-hybridized carbons (Fsp3) is 0.647. The van der Waals surface area contributed by atoms with Crippen LogP contribution in [0.1, 0.15) is 52.0 Å². The first-order valence-corrected chi connectivity index (χ1v) is 7.51. The fourth-order valence-corrected chi connectivity index (χ4v) is 2.70. The van der Waals surface area contributed by atoms with E-state index in [2.05, 4.69) is 57.3 Å². The second-order valence-corrected chi connectivity index (χ2v) is 5.51. The molecule has 0 bridgehead atoms. The number of hydrogen-bond acceptors (Lipinski definition) is 2. The van der Waals surface area contributed by atoms with E-state index in [0.29, 0.717) is 17.9 Å². The second-order valence-electron chi connectivity index (χ2n) is 5.51. The average Bonchev–Trinajstić information content (AvgIpc) is 2.43. The normalized spacial score (nSPS) is 14.4. The third-order valence-electron chi connectivity index (χ3n) is 3.77. The van der Waals surface area contributed by atoms with Crippen LogP contribution in [-0.2, 0) is 0 Å². The molecule has 0 spiro atoms. The molecule has 2 unspecified atom stereocenters. The van der Waals surface area contributed by atoms with E-state index in [9.17, 15) is 0 Å². The van der Waals surface area contributed by atoms with E-state index in [4.69, 9.17) is 4.74 Å². The summed E-state index contributed by atoms with van der Waals surface area (Å²) in [6.45, 7) is 10.2. The number of nitrogens with one attached hydrogen (secondary N) is 1. The van der Waals surface area contributed by atoms with Crippen LogP contribution in [0.2, 0.25) is 0 Å². The molecule has 0 amide bonds. The maximum Gasteiger partial charge on any atom is 0.118 e. The van der Waals surface area contributed by atoms with E-state index in [1.54, 1.807) is 7.11 Å². The molecule has 108 valence electrons. The maximum atomic E-state index is 5.24. The highest BCUT2D eigenvalue weighted by molar-refractivity contribution is 5.30. The summed E-state index contributed by atoms with van der Waals surface area (Å²) >= 11 is 0. The minimum Gasteiger partial charge on any atom is -0.497 e. The largest absolute Gasteiger partial charge is 0.497 e. The first-order valence-electron chi connectivity index (χ1n) is 7.51. The van der Waals surface area contributed by atoms with Gasteiger partial charge in [-0.25, -0.2) is 0 Å². The molecule has 2 nitrogen and oxygen atoms in total. The van der Waals surface area contributed by atoms with Crippen molar-refractivity contribution in [2.45, 2.75) is 52.5 Å². The third-order valence-corrected chi connectivity index (χ3v) is 3.77. The molecular formula is C17H29NO. The van der Waals surface area contributed by atoms with Gasteiger partial charge >= 0.3 is 0 Å². The van der Waals surface area contributed by atoms with Crippen molar-refractivity contribution in [1.82, 2.24) is 5.32 Å². The van der Waals surface area contributed by atoms with Crippen LogP contribution in [0.25, 0.3) is 0 Å². The molecule has 0 aliphatic heterocycles. The van der Waals surface area contributed by atoms with Gasteiger partial charge in [0.05, 0.1) is 7.11 Å². The van der Waals surface area contributed by atoms with Crippen molar-refractivity contribution in [1.29, 1.82) is 0 Å². The van der Waals surface area contributed by atoms with Gasteiger partial charge in [-0.05, 0) is 48.9 Å². The minimum atomic E-state index is 0.540. The molecular weight excluding hydrogens is 234 g/mol. The zero-order valence-electron chi connectivity index (χ0n) is 13.1. The van der Waals surface area contributed by atoms with Crippen LogP contribution in [0.4, 0.5) is 0 Å². The number of benzene rings is 1. The molecule has 1 aromatic carbocycles. The van der Waals surface area contributed by atoms with Gasteiger partial charge in [0.25, 0.3) is 0 Å². The summed E-state index contributed by atoms with van der Waals surface area (Å²) in [5.74, 6) is 2.14. The lowest BCUT2D eigenvalue weighted by Gasteiger charge is -2.31. The third kappa shape index (κ3) is 4.54. The Hall–Kier alpha value is -1.02. The van der Waals surface area contributed by atoms with Gasteiger partial charge in [0.2, 0.25) is 0 Å². The van der Waals surface area contributed by atoms with Crippen molar-refractivity contribution in [3.8, 4) is 5.75 Å². The summed E-state index contributed by atoms with van der Waals surface area (Å²) in [6, 6.07) is 9.08. The number of ether oxygens (including phenoxy) is 1. The molecule has 2 atom stereocenters. The molecule has 0 radical (unpaired) electrons. The van der Waals surface area contributed by atoms with Gasteiger partial charge in [-0.15, -0.1) is 0 Å². The van der Waals surface area contributed by atoms with Crippen molar-refractivity contribution < 1.29 is 4.74 Å². The zero-order chi connectivity index (χ0) is 14.3. The molecule has 1 rings (SSSR count). The topological polar surface area (TPSA) is 21.3 Å². The summed E-state index contributed by atoms with van der Waals surface area (Å²) in [4.78, 5) is 0. The van der Waals surface area contributed by atoms with Gasteiger partial charge in [0.1, 0.15) is 5.75 Å². The van der Waals surface area contributed by atoms with Crippen molar-refractivity contribution in [2.75, 3.05) is 13.7 Å². The highest BCUT2D eigenvalue weighted by atomic mass is 16.5. The van der Waals surface area contributed by atoms with Crippen LogP contribution >= 0.6 is 0 Å². The Morgan fingerprint density at radius 3 is 2.16 bits per heavy atom. The van der Waals surface area contributed by atoms with E-state index in [1.807, 2.05) is 0 Å². The fourth-order valence-electron chi connectivity index (χ4n) is 2.70. The van der Waals surface area contributed by atoms with Crippen LogP contribution < -0.4 is 10.1 Å². The Balaban J connectivity index is 2.87. The predicted molar refractivity (Wildman–Crippen MR) is 82.9 cm³/mol. The Morgan fingerprint density at radius 1 is 1.11 bits per heavy atom. The SMILES string of the molecule is CCCNC(C(C)C)C(CC)c1ccc(OC)cc1. The first kappa shape index (κ1) is 16.0. The van der Waals surface area contributed by atoms with Crippen LogP contribution in [-0.4, -0.2) is 19.7 Å². The summed E-state index contributed by atoms with van der Waals surface area (Å²) in [7, 11) is 1.71. The van der Waals surface area contributed by atoms with Crippen molar-refractivity contribution in [2.24, 2.45) is 5.92 Å². The summed E-state index contributed by atoms with van der Waals surface area (Å²) < 4.78 is 5.24. The van der Waals surface area contributed by atoms with Crippen molar-refractivity contribution in [3.63, 3.8) is 0 Å². The van der Waals surface area contributed by atoms with E-state index in [0.717, 1.165) is 18.7 Å². The van der Waals surface area contributed by atoms with E-state index in [1.165, 1.54) is 12.0 Å². The summed E-state index contributed by atoms with van der Waals surface area (Å²) in [5, 5.41) is 3.72. The van der Waals surface area contributed by atoms with Gasteiger partial charge < -0.3 is 10.1 Å². The molecule has 0 aliphatic rings. The summed E-state index contributed by atoms with van der Waals surface area (Å²) in [6.07, 6.45) is 2.34. The van der Waals surface area contributed by atoms with Crippen molar-refractivity contribution >= 4 is 0 Å². The Bertz CT molecular complexity index is 345. The van der Waals surface area contributed by atoms with Crippen LogP contribution in [0.15, 0.2) is 24.3 Å². The van der Waals surface area contributed by atoms with Gasteiger partial charge in [0.15, 0.2) is 0 Å². The molecule has 0 aromatic heterocycles. The predicted octanol–water partition coefficient (Wildman–Crippen LogP) is 4.21. The lowest BCUT2D eigenvalue weighted by molar-refractivity contribution is 0.335. The molecule has 2 heteroatoms. The molecule has 0 saturated heterocycles. The van der Waals surface area contributed by atoms with E-state index < -0.39 is 0 Å². The Labute approximate surface area is 118 Å². The Morgan fingerprint density at radius 2 is 1.74 bits per heavy atom. The van der Waals surface area contributed by atoms with Crippen LogP contribution in [0.5, 0.6) is 5.75 Å². The van der Waals surface area contributed by atoms with Crippen LogP contribution in [0.3, 0.4) is 0 Å². The average molecular weight is 263 g/mol. The maximum absolute atomic E-state index is 5.24.